The number of benzene rings is 2. The minimum atomic E-state index is -0.753. The maximum Gasteiger partial charge on any atom is 0.322 e. The van der Waals surface area contributed by atoms with E-state index in [0.29, 0.717) is 18.0 Å². The van der Waals surface area contributed by atoms with Crippen LogP contribution in [0.3, 0.4) is 0 Å². The van der Waals surface area contributed by atoms with Gasteiger partial charge in [0.15, 0.2) is 0 Å². The van der Waals surface area contributed by atoms with Crippen LogP contribution in [-0.2, 0) is 16.8 Å². The van der Waals surface area contributed by atoms with Gasteiger partial charge in [0.05, 0.1) is 5.54 Å². The van der Waals surface area contributed by atoms with Crippen molar-refractivity contribution in [2.45, 2.75) is 59.4 Å². The van der Waals surface area contributed by atoms with Gasteiger partial charge < -0.3 is 10.2 Å². The Morgan fingerprint density at radius 1 is 1.12 bits per heavy atom. The Labute approximate surface area is 196 Å². The molecule has 1 aliphatic rings. The first-order valence-corrected chi connectivity index (χ1v) is 11.5. The molecule has 0 aromatic heterocycles. The summed E-state index contributed by atoms with van der Waals surface area (Å²) in [7, 11) is 0. The number of carbonyl (C=O) groups is 2. The van der Waals surface area contributed by atoms with Crippen molar-refractivity contribution < 1.29 is 9.59 Å². The number of amides is 2. The fraction of sp³-hybridized carbons (Fsp3) is 0.407. The predicted octanol–water partition coefficient (Wildman–Crippen LogP) is 6.58. The number of nitrogens with zero attached hydrogens (tertiary/aromatic N) is 1. The van der Waals surface area contributed by atoms with Crippen molar-refractivity contribution in [3.63, 3.8) is 0 Å². The Balaban J connectivity index is 2.01. The Kier molecular flexibility index (Phi) is 7.14. The zero-order valence-electron chi connectivity index (χ0n) is 19.7. The average molecular weight is 453 g/mol. The third-order valence-corrected chi connectivity index (χ3v) is 6.36. The Morgan fingerprint density at radius 2 is 1.81 bits per heavy atom. The number of rotatable bonds is 7. The van der Waals surface area contributed by atoms with E-state index < -0.39 is 5.54 Å². The van der Waals surface area contributed by atoms with Crippen molar-refractivity contribution in [2.24, 2.45) is 5.41 Å². The molecule has 4 nitrogen and oxygen atoms in total. The summed E-state index contributed by atoms with van der Waals surface area (Å²) in [6.07, 6.45) is 4.14. The van der Waals surface area contributed by atoms with Crippen LogP contribution in [0.5, 0.6) is 0 Å². The van der Waals surface area contributed by atoms with E-state index in [1.54, 1.807) is 4.90 Å². The SMILES string of the molecule is CC(=O)CCN1C=C(c2ccccc2)[C@](C)(c2ccc(CCC(C)(C)C)c(Cl)c2)NC1=O. The van der Waals surface area contributed by atoms with E-state index in [1.165, 1.54) is 6.92 Å². The molecule has 0 saturated heterocycles. The normalized spacial score (nSPS) is 18.9. The van der Waals surface area contributed by atoms with Gasteiger partial charge in [-0.25, -0.2) is 4.79 Å². The summed E-state index contributed by atoms with van der Waals surface area (Å²) in [5.41, 5.74) is 3.49. The van der Waals surface area contributed by atoms with Gasteiger partial charge in [-0.2, -0.15) is 0 Å². The van der Waals surface area contributed by atoms with E-state index in [2.05, 4.69) is 38.2 Å². The second-order valence-electron chi connectivity index (χ2n) is 9.98. The molecule has 5 heteroatoms. The molecule has 0 bridgehead atoms. The van der Waals surface area contributed by atoms with E-state index >= 15 is 0 Å². The fourth-order valence-electron chi connectivity index (χ4n) is 3.92. The van der Waals surface area contributed by atoms with Gasteiger partial charge in [0.1, 0.15) is 5.78 Å². The smallest absolute Gasteiger partial charge is 0.322 e. The van der Waals surface area contributed by atoms with Gasteiger partial charge in [-0.1, -0.05) is 74.8 Å². The standard InChI is InChI=1S/C27H33ClN2O2/c1-19(31)14-16-30-18-23(20-9-7-6-8-10-20)27(5,29-25(30)32)22-12-11-21(24(28)17-22)13-15-26(2,3)4/h6-12,17-18H,13-16H2,1-5H3,(H,29,32)/t27-/m0/s1. The lowest BCUT2D eigenvalue weighted by Crippen LogP contribution is -2.53. The quantitative estimate of drug-likeness (QED) is 0.515. The molecule has 32 heavy (non-hydrogen) atoms. The van der Waals surface area contributed by atoms with Crippen LogP contribution in [0, 0.1) is 5.41 Å². The third kappa shape index (κ3) is 5.60. The molecule has 0 radical (unpaired) electrons. The largest absolute Gasteiger partial charge is 0.324 e. The topological polar surface area (TPSA) is 49.4 Å². The monoisotopic (exact) mass is 452 g/mol. The Bertz CT molecular complexity index is 1020. The minimum Gasteiger partial charge on any atom is -0.324 e. The van der Waals surface area contributed by atoms with Gasteiger partial charge in [0.2, 0.25) is 0 Å². The summed E-state index contributed by atoms with van der Waals surface area (Å²) >= 11 is 6.70. The van der Waals surface area contributed by atoms with Crippen LogP contribution in [-0.4, -0.2) is 23.3 Å². The van der Waals surface area contributed by atoms with E-state index in [0.717, 1.165) is 35.1 Å². The molecule has 0 saturated carbocycles. The van der Waals surface area contributed by atoms with Crippen LogP contribution in [0.25, 0.3) is 5.57 Å². The number of nitrogens with one attached hydrogen (secondary N) is 1. The molecule has 1 heterocycles. The maximum atomic E-state index is 13.0. The van der Waals surface area contributed by atoms with Crippen molar-refractivity contribution in [1.29, 1.82) is 0 Å². The van der Waals surface area contributed by atoms with Gasteiger partial charge in [-0.3, -0.25) is 4.79 Å². The summed E-state index contributed by atoms with van der Waals surface area (Å²) in [4.78, 5) is 26.0. The number of Topliss-reactive ketones (excluding diaryl/α,β-unsaturated/α-hetero) is 1. The zero-order valence-corrected chi connectivity index (χ0v) is 20.4. The van der Waals surface area contributed by atoms with Crippen LogP contribution in [0.1, 0.15) is 64.2 Å². The van der Waals surface area contributed by atoms with Gasteiger partial charge in [-0.05, 0) is 54.9 Å². The highest BCUT2D eigenvalue weighted by molar-refractivity contribution is 6.31. The summed E-state index contributed by atoms with van der Waals surface area (Å²) in [6, 6.07) is 15.9. The maximum absolute atomic E-state index is 13.0. The molecule has 0 unspecified atom stereocenters. The van der Waals surface area contributed by atoms with Crippen molar-refractivity contribution in [1.82, 2.24) is 10.2 Å². The van der Waals surface area contributed by atoms with E-state index in [4.69, 9.17) is 11.6 Å². The first kappa shape index (κ1) is 24.1. The fourth-order valence-corrected chi connectivity index (χ4v) is 4.19. The molecule has 2 aromatic carbocycles. The number of halogens is 1. The lowest BCUT2D eigenvalue weighted by Gasteiger charge is -2.41. The molecule has 0 fully saturated rings. The Hall–Kier alpha value is -2.59. The van der Waals surface area contributed by atoms with Gasteiger partial charge in [0.25, 0.3) is 0 Å². The number of ketones is 1. The van der Waals surface area contributed by atoms with E-state index in [1.807, 2.05) is 49.5 Å². The molecular formula is C27H33ClN2O2. The molecular weight excluding hydrogens is 420 g/mol. The molecule has 3 rings (SSSR count). The van der Waals surface area contributed by atoms with Gasteiger partial charge in [0, 0.05) is 29.8 Å². The summed E-state index contributed by atoms with van der Waals surface area (Å²) in [5.74, 6) is 0.0541. The molecule has 1 atom stereocenters. The predicted molar refractivity (Wildman–Crippen MR) is 132 cm³/mol. The molecule has 2 amide bonds. The Morgan fingerprint density at radius 3 is 2.41 bits per heavy atom. The van der Waals surface area contributed by atoms with Crippen LogP contribution in [0.15, 0.2) is 54.7 Å². The summed E-state index contributed by atoms with van der Waals surface area (Å²) in [5, 5.41) is 3.90. The van der Waals surface area contributed by atoms with Crippen LogP contribution < -0.4 is 5.32 Å². The van der Waals surface area contributed by atoms with Crippen molar-refractivity contribution in [3.05, 3.63) is 76.4 Å². The molecule has 170 valence electrons. The summed E-state index contributed by atoms with van der Waals surface area (Å²) < 4.78 is 0. The number of hydrogen-bond acceptors (Lipinski definition) is 2. The molecule has 2 aromatic rings. The lowest BCUT2D eigenvalue weighted by molar-refractivity contribution is -0.117. The molecule has 1 aliphatic heterocycles. The van der Waals surface area contributed by atoms with Crippen LogP contribution in [0.4, 0.5) is 4.79 Å². The van der Waals surface area contributed by atoms with E-state index in [-0.39, 0.29) is 17.2 Å². The summed E-state index contributed by atoms with van der Waals surface area (Å²) in [6.45, 7) is 10.6. The van der Waals surface area contributed by atoms with Crippen molar-refractivity contribution >= 4 is 29.0 Å². The first-order valence-electron chi connectivity index (χ1n) is 11.1. The second-order valence-corrected chi connectivity index (χ2v) is 10.4. The molecule has 0 spiro atoms. The number of urea groups is 1. The minimum absolute atomic E-state index is 0.0541. The van der Waals surface area contributed by atoms with Gasteiger partial charge >= 0.3 is 6.03 Å². The number of hydrogen-bond donors (Lipinski definition) is 1. The van der Waals surface area contributed by atoms with E-state index in [9.17, 15) is 9.59 Å². The molecule has 1 N–H and O–H groups in total. The number of carbonyl (C=O) groups excluding carboxylic acids is 2. The second kappa shape index (κ2) is 9.50. The molecule has 0 aliphatic carbocycles. The highest BCUT2D eigenvalue weighted by Gasteiger charge is 2.39. The van der Waals surface area contributed by atoms with Crippen LogP contribution in [0.2, 0.25) is 5.02 Å². The zero-order chi connectivity index (χ0) is 23.5. The third-order valence-electron chi connectivity index (χ3n) is 6.01. The van der Waals surface area contributed by atoms with Crippen molar-refractivity contribution in [3.8, 4) is 0 Å². The number of aryl methyl sites for hydroxylation is 1. The first-order chi connectivity index (χ1) is 15.0. The van der Waals surface area contributed by atoms with Crippen LogP contribution >= 0.6 is 11.6 Å². The van der Waals surface area contributed by atoms with Crippen molar-refractivity contribution in [2.75, 3.05) is 6.54 Å². The lowest BCUT2D eigenvalue weighted by atomic mass is 9.79. The highest BCUT2D eigenvalue weighted by atomic mass is 35.5. The highest BCUT2D eigenvalue weighted by Crippen LogP contribution is 2.40. The average Bonchev–Trinajstić information content (AvgIpc) is 2.72. The van der Waals surface area contributed by atoms with Gasteiger partial charge in [-0.15, -0.1) is 0 Å².